The topological polar surface area (TPSA) is 67.6 Å². The van der Waals surface area contributed by atoms with Gasteiger partial charge < -0.3 is 15.8 Å². The number of carbonyl (C=O) groups excluding carboxylic acids is 1. The van der Waals surface area contributed by atoms with Crippen LogP contribution in [0.1, 0.15) is 37.8 Å². The highest BCUT2D eigenvalue weighted by Crippen LogP contribution is 2.19. The third-order valence-corrected chi connectivity index (χ3v) is 4.45. The number of ether oxygens (including phenoxy) is 1. The molecule has 1 aliphatic rings. The highest BCUT2D eigenvalue weighted by atomic mass is 35.5. The van der Waals surface area contributed by atoms with Gasteiger partial charge in [-0.2, -0.15) is 0 Å². The molecule has 0 bridgehead atoms. The molecule has 0 aromatic heterocycles. The first-order chi connectivity index (χ1) is 11.2. The quantitative estimate of drug-likeness (QED) is 0.714. The van der Waals surface area contributed by atoms with Gasteiger partial charge in [0.05, 0.1) is 6.10 Å². The van der Waals surface area contributed by atoms with Crippen LogP contribution in [0.25, 0.3) is 0 Å². The normalized spacial score (nSPS) is 19.2. The highest BCUT2D eigenvalue weighted by molar-refractivity contribution is 5.85. The van der Waals surface area contributed by atoms with E-state index < -0.39 is 0 Å². The van der Waals surface area contributed by atoms with Gasteiger partial charge in [0, 0.05) is 19.6 Å². The van der Waals surface area contributed by atoms with Crippen molar-refractivity contribution < 1.29 is 9.53 Å². The van der Waals surface area contributed by atoms with E-state index in [4.69, 9.17) is 10.5 Å². The van der Waals surface area contributed by atoms with Crippen LogP contribution in [-0.2, 0) is 22.6 Å². The van der Waals surface area contributed by atoms with Crippen LogP contribution in [0.4, 0.5) is 0 Å². The zero-order valence-electron chi connectivity index (χ0n) is 15.1. The van der Waals surface area contributed by atoms with Crippen LogP contribution < -0.4 is 11.1 Å². The molecule has 2 rings (SSSR count). The lowest BCUT2D eigenvalue weighted by Crippen LogP contribution is -2.35. The predicted molar refractivity (Wildman–Crippen MR) is 106 cm³/mol. The van der Waals surface area contributed by atoms with Crippen LogP contribution in [0.3, 0.4) is 0 Å². The van der Waals surface area contributed by atoms with Crippen molar-refractivity contribution in [2.75, 3.05) is 19.6 Å². The number of halogens is 2. The molecular weight excluding hydrogens is 361 g/mol. The summed E-state index contributed by atoms with van der Waals surface area (Å²) < 4.78 is 5.61. The number of benzene rings is 1. The molecule has 7 heteroatoms. The molecule has 0 unspecified atom stereocenters. The fourth-order valence-corrected chi connectivity index (χ4v) is 2.84. The Kier molecular flexibility index (Phi) is 12.1. The second-order valence-corrected chi connectivity index (χ2v) is 6.06. The third kappa shape index (κ3) is 7.50. The highest BCUT2D eigenvalue weighted by Gasteiger charge is 2.29. The van der Waals surface area contributed by atoms with E-state index >= 15 is 0 Å². The van der Waals surface area contributed by atoms with Crippen molar-refractivity contribution in [2.45, 2.75) is 52.0 Å². The second-order valence-electron chi connectivity index (χ2n) is 6.06. The molecule has 1 aromatic rings. The first-order valence-corrected chi connectivity index (χ1v) is 8.59. The first-order valence-electron chi connectivity index (χ1n) is 8.59. The number of carbonyl (C=O) groups is 1. The zero-order valence-corrected chi connectivity index (χ0v) is 16.7. The molecule has 1 amide bonds. The number of amides is 1. The van der Waals surface area contributed by atoms with Crippen molar-refractivity contribution in [1.82, 2.24) is 10.2 Å². The Balaban J connectivity index is 0.00000288. The van der Waals surface area contributed by atoms with Gasteiger partial charge in [0.1, 0.15) is 6.10 Å². The van der Waals surface area contributed by atoms with Crippen molar-refractivity contribution in [3.05, 3.63) is 35.4 Å². The molecule has 1 fully saturated rings. The summed E-state index contributed by atoms with van der Waals surface area (Å²) in [6, 6.07) is 8.43. The Hall–Kier alpha value is -0.850. The monoisotopic (exact) mass is 391 g/mol. The average Bonchev–Trinajstić information content (AvgIpc) is 3.08. The molecule has 3 N–H and O–H groups in total. The molecule has 25 heavy (non-hydrogen) atoms. The van der Waals surface area contributed by atoms with E-state index in [-0.39, 0.29) is 42.9 Å². The van der Waals surface area contributed by atoms with Crippen molar-refractivity contribution in [3.8, 4) is 0 Å². The maximum atomic E-state index is 12.1. The fourth-order valence-electron chi connectivity index (χ4n) is 2.84. The van der Waals surface area contributed by atoms with Gasteiger partial charge in [-0.1, -0.05) is 38.1 Å². The van der Waals surface area contributed by atoms with Crippen molar-refractivity contribution >= 4 is 30.7 Å². The minimum absolute atomic E-state index is 0. The Morgan fingerprint density at radius 2 is 1.76 bits per heavy atom. The van der Waals surface area contributed by atoms with Crippen molar-refractivity contribution in [3.63, 3.8) is 0 Å². The van der Waals surface area contributed by atoms with Gasteiger partial charge >= 0.3 is 0 Å². The predicted octanol–water partition coefficient (Wildman–Crippen LogP) is 2.49. The summed E-state index contributed by atoms with van der Waals surface area (Å²) in [5.74, 6) is -0.0341. The largest absolute Gasteiger partial charge is 0.364 e. The molecule has 0 radical (unpaired) electrons. The van der Waals surface area contributed by atoms with Gasteiger partial charge in [0.2, 0.25) is 5.91 Å². The second kappa shape index (κ2) is 12.5. The first kappa shape index (κ1) is 24.1. The molecule has 1 aromatic carbocycles. The van der Waals surface area contributed by atoms with Crippen molar-refractivity contribution in [2.24, 2.45) is 5.73 Å². The van der Waals surface area contributed by atoms with E-state index in [9.17, 15) is 4.79 Å². The summed E-state index contributed by atoms with van der Waals surface area (Å²) in [5.41, 5.74) is 7.98. The van der Waals surface area contributed by atoms with E-state index in [0.29, 0.717) is 13.1 Å². The summed E-state index contributed by atoms with van der Waals surface area (Å²) in [5, 5.41) is 2.95. The molecular formula is C18H31Cl2N3O2. The molecule has 1 heterocycles. The lowest BCUT2D eigenvalue weighted by atomic mass is 10.1. The van der Waals surface area contributed by atoms with Crippen LogP contribution in [0.5, 0.6) is 0 Å². The van der Waals surface area contributed by atoms with Gasteiger partial charge in [-0.3, -0.25) is 9.69 Å². The molecule has 1 saturated heterocycles. The van der Waals surface area contributed by atoms with Gasteiger partial charge in [-0.25, -0.2) is 0 Å². The van der Waals surface area contributed by atoms with Gasteiger partial charge in [-0.15, -0.1) is 24.8 Å². The van der Waals surface area contributed by atoms with Gasteiger partial charge in [0.25, 0.3) is 0 Å². The average molecular weight is 392 g/mol. The minimum Gasteiger partial charge on any atom is -0.364 e. The summed E-state index contributed by atoms with van der Waals surface area (Å²) in [6.07, 6.45) is 1.32. The molecule has 0 spiro atoms. The molecule has 144 valence electrons. The molecule has 0 aliphatic carbocycles. The summed E-state index contributed by atoms with van der Waals surface area (Å²) in [6.45, 7) is 8.45. The van der Waals surface area contributed by atoms with Crippen LogP contribution in [0, 0.1) is 0 Å². The number of nitrogens with zero attached hydrogens (tertiary/aromatic N) is 1. The summed E-state index contributed by atoms with van der Waals surface area (Å²) >= 11 is 0. The fraction of sp³-hybridized carbons (Fsp3) is 0.611. The van der Waals surface area contributed by atoms with Crippen LogP contribution in [0.2, 0.25) is 0 Å². The number of hydrogen-bond donors (Lipinski definition) is 2. The summed E-state index contributed by atoms with van der Waals surface area (Å²) in [4.78, 5) is 14.5. The number of rotatable bonds is 8. The molecule has 2 atom stereocenters. The summed E-state index contributed by atoms with van der Waals surface area (Å²) in [7, 11) is 0. The number of nitrogens with two attached hydrogens (primary N) is 1. The molecule has 1 aliphatic heterocycles. The molecule has 0 saturated carbocycles. The van der Waals surface area contributed by atoms with Gasteiger partial charge in [-0.05, 0) is 37.1 Å². The standard InChI is InChI=1S/C18H29N3O2.2ClH/c1-3-21(4-2)13-15-7-5-14(6-8-15)12-20-18(22)17-10-9-16(11-19)23-17;;/h5-8,16-17H,3-4,9-13,19H2,1-2H3,(H,20,22);2*1H/t16-,17+;;/m1../s1. The smallest absolute Gasteiger partial charge is 0.249 e. The van der Waals surface area contributed by atoms with Crippen LogP contribution in [-0.4, -0.2) is 42.6 Å². The number of nitrogens with one attached hydrogen (secondary N) is 1. The Morgan fingerprint density at radius 3 is 2.28 bits per heavy atom. The van der Waals surface area contributed by atoms with E-state index in [2.05, 4.69) is 48.3 Å². The van der Waals surface area contributed by atoms with E-state index in [1.54, 1.807) is 0 Å². The SMILES string of the molecule is CCN(CC)Cc1ccc(CNC(=O)[C@@H]2CC[C@H](CN)O2)cc1.Cl.Cl. The van der Waals surface area contributed by atoms with E-state index in [1.165, 1.54) is 5.56 Å². The van der Waals surface area contributed by atoms with Crippen LogP contribution in [0.15, 0.2) is 24.3 Å². The number of hydrogen-bond acceptors (Lipinski definition) is 4. The Bertz CT molecular complexity index is 496. The third-order valence-electron chi connectivity index (χ3n) is 4.45. The zero-order chi connectivity index (χ0) is 16.7. The Labute approximate surface area is 163 Å². The van der Waals surface area contributed by atoms with Crippen molar-refractivity contribution in [1.29, 1.82) is 0 Å². The maximum Gasteiger partial charge on any atom is 0.249 e. The van der Waals surface area contributed by atoms with Crippen LogP contribution >= 0.6 is 24.8 Å². The Morgan fingerprint density at radius 1 is 1.16 bits per heavy atom. The van der Waals surface area contributed by atoms with E-state index in [1.807, 2.05) is 0 Å². The maximum absolute atomic E-state index is 12.1. The lowest BCUT2D eigenvalue weighted by Gasteiger charge is -2.18. The molecule has 5 nitrogen and oxygen atoms in total. The minimum atomic E-state index is -0.342. The lowest BCUT2D eigenvalue weighted by molar-refractivity contribution is -0.132. The van der Waals surface area contributed by atoms with E-state index in [0.717, 1.165) is 38.0 Å². The van der Waals surface area contributed by atoms with Gasteiger partial charge in [0.15, 0.2) is 0 Å².